The number of rotatable bonds is 9. The molecule has 2 aliphatic rings. The SMILES string of the molecule is C=CC[C@@]1(C)CCC(c2ccc(Cl)cc2)N(C(CN(C(C)C)S(C)=O)C2CC2)C1=O. The maximum atomic E-state index is 13.9. The molecule has 4 nitrogen and oxygen atoms in total. The minimum atomic E-state index is -1.08. The van der Waals surface area contributed by atoms with E-state index in [9.17, 15) is 9.00 Å². The molecule has 0 spiro atoms. The van der Waals surface area contributed by atoms with Crippen LogP contribution in [-0.4, -0.2) is 44.2 Å². The zero-order valence-corrected chi connectivity index (χ0v) is 20.2. The summed E-state index contributed by atoms with van der Waals surface area (Å²) in [6.07, 6.45) is 8.29. The molecule has 3 rings (SSSR count). The molecule has 2 fully saturated rings. The summed E-state index contributed by atoms with van der Waals surface area (Å²) in [5, 5.41) is 0.704. The number of piperidine rings is 1. The molecule has 1 aromatic carbocycles. The highest BCUT2D eigenvalue weighted by Crippen LogP contribution is 2.48. The number of amides is 1. The quantitative estimate of drug-likeness (QED) is 0.474. The normalized spacial score (nSPS) is 26.8. The van der Waals surface area contributed by atoms with Gasteiger partial charge in [-0.3, -0.25) is 4.79 Å². The minimum absolute atomic E-state index is 0.0255. The highest BCUT2D eigenvalue weighted by atomic mass is 35.5. The third-order valence-electron chi connectivity index (χ3n) is 6.70. The maximum absolute atomic E-state index is 13.9. The predicted molar refractivity (Wildman–Crippen MR) is 126 cm³/mol. The largest absolute Gasteiger partial charge is 0.331 e. The van der Waals surface area contributed by atoms with Crippen molar-refractivity contribution in [3.63, 3.8) is 0 Å². The Morgan fingerprint density at radius 1 is 1.30 bits per heavy atom. The first-order chi connectivity index (χ1) is 14.2. The fourth-order valence-electron chi connectivity index (χ4n) is 4.80. The van der Waals surface area contributed by atoms with Gasteiger partial charge in [-0.15, -0.1) is 6.58 Å². The van der Waals surface area contributed by atoms with Gasteiger partial charge in [0.05, 0.1) is 22.4 Å². The Labute approximate surface area is 189 Å². The van der Waals surface area contributed by atoms with Crippen LogP contribution in [0.3, 0.4) is 0 Å². The molecule has 0 radical (unpaired) electrons. The first kappa shape index (κ1) is 23.5. The molecule has 1 aromatic rings. The van der Waals surface area contributed by atoms with Crippen molar-refractivity contribution >= 4 is 28.5 Å². The average Bonchev–Trinajstić information content (AvgIpc) is 3.51. The number of halogens is 1. The van der Waals surface area contributed by atoms with E-state index >= 15 is 0 Å². The Kier molecular flexibility index (Phi) is 7.47. The van der Waals surface area contributed by atoms with Crippen LogP contribution in [0.5, 0.6) is 0 Å². The van der Waals surface area contributed by atoms with Crippen molar-refractivity contribution in [3.8, 4) is 0 Å². The molecule has 1 aliphatic heterocycles. The van der Waals surface area contributed by atoms with E-state index in [1.54, 1.807) is 6.26 Å². The second-order valence-electron chi connectivity index (χ2n) is 9.39. The lowest BCUT2D eigenvalue weighted by Crippen LogP contribution is -2.57. The predicted octanol–water partition coefficient (Wildman–Crippen LogP) is 5.37. The number of hydrogen-bond acceptors (Lipinski definition) is 2. The summed E-state index contributed by atoms with van der Waals surface area (Å²) in [6.45, 7) is 10.8. The van der Waals surface area contributed by atoms with Gasteiger partial charge in [-0.25, -0.2) is 8.51 Å². The van der Waals surface area contributed by atoms with Crippen LogP contribution in [0.15, 0.2) is 36.9 Å². The van der Waals surface area contributed by atoms with Crippen molar-refractivity contribution in [1.29, 1.82) is 0 Å². The fourth-order valence-corrected chi connectivity index (χ4v) is 5.88. The summed E-state index contributed by atoms with van der Waals surface area (Å²) in [4.78, 5) is 16.1. The molecule has 1 heterocycles. The lowest BCUT2D eigenvalue weighted by Gasteiger charge is -2.49. The Morgan fingerprint density at radius 2 is 1.93 bits per heavy atom. The van der Waals surface area contributed by atoms with Gasteiger partial charge >= 0.3 is 0 Å². The Morgan fingerprint density at radius 3 is 2.43 bits per heavy atom. The van der Waals surface area contributed by atoms with Crippen LogP contribution < -0.4 is 0 Å². The van der Waals surface area contributed by atoms with E-state index < -0.39 is 16.4 Å². The van der Waals surface area contributed by atoms with Crippen LogP contribution in [0.4, 0.5) is 0 Å². The van der Waals surface area contributed by atoms with E-state index in [1.807, 2.05) is 34.6 Å². The second kappa shape index (κ2) is 9.54. The van der Waals surface area contributed by atoms with Crippen LogP contribution in [-0.2, 0) is 15.8 Å². The van der Waals surface area contributed by atoms with Gasteiger partial charge in [0.1, 0.15) is 0 Å². The molecular formula is C24H35ClN2O2S. The number of likely N-dealkylation sites (tertiary alicyclic amines) is 1. The lowest BCUT2D eigenvalue weighted by molar-refractivity contribution is -0.154. The standard InChI is InChI=1S/C24H35ClN2O2S/c1-6-14-24(4)15-13-21(18-9-11-20(25)12-10-18)27(23(24)28)22(19-7-8-19)16-26(17(2)3)30(5)29/h6,9-12,17,19,21-22H,1,7-8,13-16H2,2-5H3/t21?,22?,24-,30?/m0/s1. The van der Waals surface area contributed by atoms with Crippen LogP contribution in [0, 0.1) is 11.3 Å². The summed E-state index contributed by atoms with van der Waals surface area (Å²) in [5.41, 5.74) is 0.707. The summed E-state index contributed by atoms with van der Waals surface area (Å²) in [7, 11) is -1.08. The van der Waals surface area contributed by atoms with Gasteiger partial charge in [-0.2, -0.15) is 0 Å². The zero-order chi connectivity index (χ0) is 22.1. The second-order valence-corrected chi connectivity index (χ2v) is 11.1. The number of benzene rings is 1. The van der Waals surface area contributed by atoms with Crippen LogP contribution in [0.2, 0.25) is 5.02 Å². The minimum Gasteiger partial charge on any atom is -0.331 e. The van der Waals surface area contributed by atoms with Gasteiger partial charge in [0.15, 0.2) is 0 Å². The molecule has 1 saturated carbocycles. The third kappa shape index (κ3) is 5.00. The van der Waals surface area contributed by atoms with E-state index in [0.29, 0.717) is 23.9 Å². The molecule has 166 valence electrons. The number of carbonyl (C=O) groups excluding carboxylic acids is 1. The summed E-state index contributed by atoms with van der Waals surface area (Å²) in [6, 6.07) is 8.16. The molecule has 1 amide bonds. The number of carbonyl (C=O) groups is 1. The van der Waals surface area contributed by atoms with Crippen molar-refractivity contribution in [3.05, 3.63) is 47.5 Å². The van der Waals surface area contributed by atoms with E-state index in [-0.39, 0.29) is 24.0 Å². The molecule has 30 heavy (non-hydrogen) atoms. The van der Waals surface area contributed by atoms with Crippen molar-refractivity contribution in [1.82, 2.24) is 9.21 Å². The molecule has 0 bridgehead atoms. The van der Waals surface area contributed by atoms with Gasteiger partial charge in [0.25, 0.3) is 0 Å². The topological polar surface area (TPSA) is 40.6 Å². The molecule has 6 heteroatoms. The average molecular weight is 451 g/mol. The maximum Gasteiger partial charge on any atom is 0.229 e. The number of hydrogen-bond donors (Lipinski definition) is 0. The molecule has 3 unspecified atom stereocenters. The first-order valence-corrected chi connectivity index (χ1v) is 12.9. The summed E-state index contributed by atoms with van der Waals surface area (Å²) >= 11 is 6.13. The van der Waals surface area contributed by atoms with Crippen LogP contribution in [0.25, 0.3) is 0 Å². The molecule has 4 atom stereocenters. The van der Waals surface area contributed by atoms with Crippen molar-refractivity contribution in [2.75, 3.05) is 12.8 Å². The number of allylic oxidation sites excluding steroid dienone is 1. The van der Waals surface area contributed by atoms with E-state index in [1.165, 1.54) is 0 Å². The smallest absolute Gasteiger partial charge is 0.229 e. The molecule has 0 N–H and O–H groups in total. The van der Waals surface area contributed by atoms with Crippen LogP contribution in [0.1, 0.15) is 64.5 Å². The van der Waals surface area contributed by atoms with Gasteiger partial charge in [-0.05, 0) is 69.6 Å². The zero-order valence-electron chi connectivity index (χ0n) is 18.6. The van der Waals surface area contributed by atoms with Crippen molar-refractivity contribution in [2.24, 2.45) is 11.3 Å². The Hall–Kier alpha value is -1.17. The summed E-state index contributed by atoms with van der Waals surface area (Å²) in [5.74, 6) is 0.677. The third-order valence-corrected chi connectivity index (χ3v) is 8.19. The molecule has 0 aromatic heterocycles. The Balaban J connectivity index is 2.01. The van der Waals surface area contributed by atoms with E-state index in [0.717, 1.165) is 31.2 Å². The number of nitrogens with zero attached hydrogens (tertiary/aromatic N) is 2. The Bertz CT molecular complexity index is 793. The highest BCUT2D eigenvalue weighted by Gasteiger charge is 2.49. The monoisotopic (exact) mass is 450 g/mol. The van der Waals surface area contributed by atoms with Gasteiger partial charge in [0.2, 0.25) is 5.91 Å². The summed E-state index contributed by atoms with van der Waals surface area (Å²) < 4.78 is 14.5. The van der Waals surface area contributed by atoms with E-state index in [4.69, 9.17) is 11.6 Å². The molecule has 1 aliphatic carbocycles. The van der Waals surface area contributed by atoms with Gasteiger partial charge in [0, 0.05) is 29.9 Å². The van der Waals surface area contributed by atoms with Crippen molar-refractivity contribution < 1.29 is 9.00 Å². The van der Waals surface area contributed by atoms with E-state index in [2.05, 4.69) is 32.3 Å². The van der Waals surface area contributed by atoms with Crippen LogP contribution >= 0.6 is 11.6 Å². The molecule has 1 saturated heterocycles. The lowest BCUT2D eigenvalue weighted by atomic mass is 9.74. The molecular weight excluding hydrogens is 416 g/mol. The first-order valence-electron chi connectivity index (χ1n) is 11.0. The van der Waals surface area contributed by atoms with Crippen molar-refractivity contribution in [2.45, 2.75) is 71.0 Å². The fraction of sp³-hybridized carbons (Fsp3) is 0.625. The van der Waals surface area contributed by atoms with Gasteiger partial charge < -0.3 is 4.90 Å². The highest BCUT2D eigenvalue weighted by molar-refractivity contribution is 7.81. The van der Waals surface area contributed by atoms with Gasteiger partial charge in [-0.1, -0.05) is 36.7 Å².